The zero-order chi connectivity index (χ0) is 22.6. The van der Waals surface area contributed by atoms with Crippen molar-refractivity contribution in [1.29, 1.82) is 5.41 Å². The van der Waals surface area contributed by atoms with E-state index in [1.165, 1.54) is 12.8 Å². The minimum absolute atomic E-state index is 0.520. The Labute approximate surface area is 194 Å². The van der Waals surface area contributed by atoms with Crippen molar-refractivity contribution in [2.45, 2.75) is 38.8 Å². The van der Waals surface area contributed by atoms with Gasteiger partial charge in [-0.25, -0.2) is 4.68 Å². The van der Waals surface area contributed by atoms with Gasteiger partial charge in [-0.3, -0.25) is 0 Å². The fourth-order valence-electron chi connectivity index (χ4n) is 3.90. The highest BCUT2D eigenvalue weighted by Crippen LogP contribution is 2.32. The molecule has 33 heavy (non-hydrogen) atoms. The molecule has 1 aliphatic rings. The van der Waals surface area contributed by atoms with Gasteiger partial charge in [0, 0.05) is 34.6 Å². The smallest absolute Gasteiger partial charge is 0.121 e. The van der Waals surface area contributed by atoms with Gasteiger partial charge in [-0.2, -0.15) is 5.10 Å². The van der Waals surface area contributed by atoms with E-state index in [1.54, 1.807) is 0 Å². The summed E-state index contributed by atoms with van der Waals surface area (Å²) < 4.78 is 7.97. The number of hydrogen-bond acceptors (Lipinski definition) is 4. The topological polar surface area (TPSA) is 62.9 Å². The van der Waals surface area contributed by atoms with E-state index in [0.29, 0.717) is 24.8 Å². The molecule has 0 saturated heterocycles. The third-order valence-electron chi connectivity index (χ3n) is 5.88. The summed E-state index contributed by atoms with van der Waals surface area (Å²) in [5.41, 5.74) is 6.83. The molecule has 1 heterocycles. The molecule has 5 nitrogen and oxygen atoms in total. The summed E-state index contributed by atoms with van der Waals surface area (Å²) in [7, 11) is 0. The molecule has 0 bridgehead atoms. The van der Waals surface area contributed by atoms with E-state index in [2.05, 4.69) is 40.7 Å². The summed E-state index contributed by atoms with van der Waals surface area (Å²) in [4.78, 5) is 0. The van der Waals surface area contributed by atoms with E-state index in [9.17, 15) is 0 Å². The van der Waals surface area contributed by atoms with Crippen molar-refractivity contribution in [2.24, 2.45) is 0 Å². The Morgan fingerprint density at radius 2 is 1.88 bits per heavy atom. The highest BCUT2D eigenvalue weighted by atomic mass is 16.5. The normalized spacial score (nSPS) is 13.0. The fourth-order valence-corrected chi connectivity index (χ4v) is 3.90. The lowest BCUT2D eigenvalue weighted by molar-refractivity contribution is 0.306. The highest BCUT2D eigenvalue weighted by molar-refractivity contribution is 6.03. The number of aromatic nitrogens is 2. The van der Waals surface area contributed by atoms with Gasteiger partial charge in [0.05, 0.1) is 17.6 Å². The van der Waals surface area contributed by atoms with Crippen LogP contribution in [0.2, 0.25) is 0 Å². The van der Waals surface area contributed by atoms with E-state index in [-0.39, 0.29) is 0 Å². The number of benzene rings is 3. The van der Waals surface area contributed by atoms with Crippen molar-refractivity contribution >= 4 is 11.4 Å². The van der Waals surface area contributed by atoms with Crippen LogP contribution in [0.25, 0.3) is 16.9 Å². The molecule has 0 atom stereocenters. The zero-order valence-electron chi connectivity index (χ0n) is 18.8. The van der Waals surface area contributed by atoms with Gasteiger partial charge in [0.15, 0.2) is 0 Å². The number of nitrogens with zero attached hydrogens (tertiary/aromatic N) is 2. The Hall–Kier alpha value is -3.86. The maximum atomic E-state index is 8.36. The Morgan fingerprint density at radius 3 is 2.67 bits per heavy atom. The standard InChI is InChI=1S/C28H28N4O/c1-2-26(29)25-14-11-21(17-27(25)31-22-12-13-22)28-15-16-30-32(28)23-9-6-10-24(18-23)33-19-20-7-4-3-5-8-20/h3-11,14-18,22,29,31H,2,12-13,19H2,1H3. The Kier molecular flexibility index (Phi) is 5.94. The molecule has 0 radical (unpaired) electrons. The Bertz CT molecular complexity index is 1260. The predicted molar refractivity (Wildman–Crippen MR) is 134 cm³/mol. The largest absolute Gasteiger partial charge is 0.489 e. The summed E-state index contributed by atoms with van der Waals surface area (Å²) in [6.45, 7) is 2.55. The molecule has 3 aromatic carbocycles. The summed E-state index contributed by atoms with van der Waals surface area (Å²) in [6, 6.07) is 27.0. The molecule has 5 heteroatoms. The van der Waals surface area contributed by atoms with Gasteiger partial charge in [0.1, 0.15) is 12.4 Å². The Balaban J connectivity index is 1.43. The van der Waals surface area contributed by atoms with Crippen LogP contribution in [0, 0.1) is 5.41 Å². The molecule has 0 amide bonds. The third kappa shape index (κ3) is 4.82. The number of hydrogen-bond donors (Lipinski definition) is 2. The van der Waals surface area contributed by atoms with Crippen LogP contribution in [0.15, 0.2) is 85.1 Å². The van der Waals surface area contributed by atoms with Gasteiger partial charge in [0.25, 0.3) is 0 Å². The van der Waals surface area contributed by atoms with E-state index in [1.807, 2.05) is 66.3 Å². The predicted octanol–water partition coefficient (Wildman–Crippen LogP) is 6.47. The maximum absolute atomic E-state index is 8.36. The van der Waals surface area contributed by atoms with Crippen molar-refractivity contribution in [2.75, 3.05) is 5.32 Å². The lowest BCUT2D eigenvalue weighted by atomic mass is 10.0. The number of rotatable bonds is 9. The monoisotopic (exact) mass is 436 g/mol. The molecule has 1 saturated carbocycles. The lowest BCUT2D eigenvalue weighted by Crippen LogP contribution is -2.08. The van der Waals surface area contributed by atoms with Crippen molar-refractivity contribution in [3.63, 3.8) is 0 Å². The second-order valence-electron chi connectivity index (χ2n) is 8.41. The van der Waals surface area contributed by atoms with Crippen LogP contribution in [0.3, 0.4) is 0 Å². The molecule has 1 fully saturated rings. The lowest BCUT2D eigenvalue weighted by Gasteiger charge is -2.15. The first-order valence-corrected chi connectivity index (χ1v) is 11.5. The van der Waals surface area contributed by atoms with Crippen LogP contribution >= 0.6 is 0 Å². The average molecular weight is 437 g/mol. The third-order valence-corrected chi connectivity index (χ3v) is 5.88. The van der Waals surface area contributed by atoms with Gasteiger partial charge in [-0.15, -0.1) is 0 Å². The molecule has 0 unspecified atom stereocenters. The van der Waals surface area contributed by atoms with Crippen LogP contribution < -0.4 is 10.1 Å². The first-order chi connectivity index (χ1) is 16.2. The maximum Gasteiger partial charge on any atom is 0.121 e. The summed E-state index contributed by atoms with van der Waals surface area (Å²) >= 11 is 0. The van der Waals surface area contributed by atoms with E-state index in [0.717, 1.165) is 39.5 Å². The summed E-state index contributed by atoms with van der Waals surface area (Å²) in [6.07, 6.45) is 4.92. The van der Waals surface area contributed by atoms with Crippen LogP contribution in [0.1, 0.15) is 37.3 Å². The van der Waals surface area contributed by atoms with Crippen molar-refractivity contribution in [1.82, 2.24) is 9.78 Å². The fraction of sp³-hybridized carbons (Fsp3) is 0.214. The Morgan fingerprint density at radius 1 is 1.03 bits per heavy atom. The molecule has 0 aliphatic heterocycles. The molecule has 5 rings (SSSR count). The van der Waals surface area contributed by atoms with Crippen molar-refractivity contribution in [3.8, 4) is 22.7 Å². The van der Waals surface area contributed by atoms with Crippen molar-refractivity contribution in [3.05, 3.63) is 96.2 Å². The van der Waals surface area contributed by atoms with Gasteiger partial charge in [-0.1, -0.05) is 55.5 Å². The molecule has 2 N–H and O–H groups in total. The van der Waals surface area contributed by atoms with Crippen LogP contribution in [0.5, 0.6) is 5.75 Å². The molecule has 1 aromatic heterocycles. The SMILES string of the molecule is CCC(=N)c1ccc(-c2ccnn2-c2cccc(OCc3ccccc3)c2)cc1NC1CC1. The quantitative estimate of drug-likeness (QED) is 0.296. The van der Waals surface area contributed by atoms with Gasteiger partial charge in [-0.05, 0) is 49.1 Å². The minimum Gasteiger partial charge on any atom is -0.489 e. The zero-order valence-corrected chi connectivity index (χ0v) is 18.8. The second-order valence-corrected chi connectivity index (χ2v) is 8.41. The van der Waals surface area contributed by atoms with Gasteiger partial charge < -0.3 is 15.5 Å². The number of ether oxygens (including phenoxy) is 1. The van der Waals surface area contributed by atoms with Crippen molar-refractivity contribution < 1.29 is 4.74 Å². The molecule has 0 spiro atoms. The first kappa shape index (κ1) is 21.0. The number of anilines is 1. The van der Waals surface area contributed by atoms with E-state index >= 15 is 0 Å². The van der Waals surface area contributed by atoms with Gasteiger partial charge >= 0.3 is 0 Å². The highest BCUT2D eigenvalue weighted by Gasteiger charge is 2.23. The molecule has 166 valence electrons. The molecule has 1 aliphatic carbocycles. The summed E-state index contributed by atoms with van der Waals surface area (Å²) in [5.74, 6) is 0.806. The second kappa shape index (κ2) is 9.33. The summed E-state index contributed by atoms with van der Waals surface area (Å²) in [5, 5.41) is 16.6. The van der Waals surface area contributed by atoms with Gasteiger partial charge in [0.2, 0.25) is 0 Å². The minimum atomic E-state index is 0.520. The first-order valence-electron chi connectivity index (χ1n) is 11.5. The molecule has 4 aromatic rings. The van der Waals surface area contributed by atoms with E-state index < -0.39 is 0 Å². The van der Waals surface area contributed by atoms with Crippen LogP contribution in [-0.4, -0.2) is 21.5 Å². The van der Waals surface area contributed by atoms with E-state index in [4.69, 9.17) is 10.1 Å². The van der Waals surface area contributed by atoms with Crippen LogP contribution in [-0.2, 0) is 6.61 Å². The molecular formula is C28H28N4O. The average Bonchev–Trinajstić information content (AvgIpc) is 3.54. The van der Waals surface area contributed by atoms with Crippen LogP contribution in [0.4, 0.5) is 5.69 Å². The molecular weight excluding hydrogens is 408 g/mol. The number of nitrogens with one attached hydrogen (secondary N) is 2.